The predicted molar refractivity (Wildman–Crippen MR) is 135 cm³/mol. The molecule has 0 aliphatic carbocycles. The maximum absolute atomic E-state index is 11.4. The summed E-state index contributed by atoms with van der Waals surface area (Å²) in [5.41, 5.74) is 3.39. The lowest BCUT2D eigenvalue weighted by atomic mass is 9.55. The summed E-state index contributed by atoms with van der Waals surface area (Å²) in [4.78, 5) is 15.5. The lowest BCUT2D eigenvalue weighted by molar-refractivity contribution is -0.384. The van der Waals surface area contributed by atoms with E-state index in [-0.39, 0.29) is 5.69 Å². The van der Waals surface area contributed by atoms with Crippen LogP contribution in [0.3, 0.4) is 0 Å². The Morgan fingerprint density at radius 1 is 0.788 bits per heavy atom. The molecule has 0 fully saturated rings. The first-order valence-corrected chi connectivity index (χ1v) is 10.5. The lowest BCUT2D eigenvalue weighted by Gasteiger charge is -2.18. The summed E-state index contributed by atoms with van der Waals surface area (Å²) in [5.74, 6) is 0.339. The maximum atomic E-state index is 11.4. The molecule has 160 valence electrons. The smallest absolute Gasteiger partial charge is 0.426 e. The molecule has 4 aromatic rings. The Labute approximate surface area is 193 Å². The molecular formula is C27H21BN2O3. The highest BCUT2D eigenvalue weighted by atomic mass is 16.6. The van der Waals surface area contributed by atoms with Crippen molar-refractivity contribution in [2.45, 2.75) is 0 Å². The van der Waals surface area contributed by atoms with E-state index in [4.69, 9.17) is 4.65 Å². The number of rotatable bonds is 8. The number of nitro groups is 1. The predicted octanol–water partition coefficient (Wildman–Crippen LogP) is 5.20. The van der Waals surface area contributed by atoms with E-state index in [0.29, 0.717) is 11.4 Å². The molecule has 4 aromatic carbocycles. The van der Waals surface area contributed by atoms with Crippen molar-refractivity contribution in [1.82, 2.24) is 0 Å². The Morgan fingerprint density at radius 2 is 1.36 bits per heavy atom. The highest BCUT2D eigenvalue weighted by Gasteiger charge is 2.25. The number of benzene rings is 4. The second-order valence-corrected chi connectivity index (χ2v) is 7.28. The van der Waals surface area contributed by atoms with Crippen LogP contribution < -0.4 is 15.6 Å². The van der Waals surface area contributed by atoms with E-state index in [9.17, 15) is 10.1 Å². The molecule has 4 rings (SSSR count). The topological polar surface area (TPSA) is 64.7 Å². The van der Waals surface area contributed by atoms with Gasteiger partial charge in [-0.3, -0.25) is 15.1 Å². The second kappa shape index (κ2) is 10.7. The van der Waals surface area contributed by atoms with Gasteiger partial charge in [-0.25, -0.2) is 0 Å². The SMILES string of the molecule is O=[N+]([O-])c1ccc(N=C/C=C/c2ccccc2)c(OB(c2ccccc2)c2ccccc2)c1. The number of nitro benzene ring substituents is 1. The number of nitrogens with zero attached hydrogens (tertiary/aromatic N) is 2. The van der Waals surface area contributed by atoms with E-state index in [0.717, 1.165) is 16.5 Å². The highest BCUT2D eigenvalue weighted by Crippen LogP contribution is 2.32. The fourth-order valence-electron chi connectivity index (χ4n) is 3.37. The molecule has 0 heterocycles. The van der Waals surface area contributed by atoms with Gasteiger partial charge < -0.3 is 4.65 Å². The highest BCUT2D eigenvalue weighted by molar-refractivity contribution is 6.80. The zero-order valence-corrected chi connectivity index (χ0v) is 17.8. The first kappa shape index (κ1) is 21.8. The van der Waals surface area contributed by atoms with Crippen molar-refractivity contribution in [3.05, 3.63) is 131 Å². The summed E-state index contributed by atoms with van der Waals surface area (Å²) >= 11 is 0. The Kier molecular flexibility index (Phi) is 7.08. The van der Waals surface area contributed by atoms with Crippen molar-refractivity contribution in [2.75, 3.05) is 0 Å². The van der Waals surface area contributed by atoms with Gasteiger partial charge in [-0.2, -0.15) is 0 Å². The minimum absolute atomic E-state index is 0.0522. The van der Waals surface area contributed by atoms with Gasteiger partial charge in [-0.1, -0.05) is 97.1 Å². The van der Waals surface area contributed by atoms with Crippen molar-refractivity contribution in [1.29, 1.82) is 0 Å². The van der Waals surface area contributed by atoms with E-state index in [1.54, 1.807) is 12.3 Å². The summed E-state index contributed by atoms with van der Waals surface area (Å²) in [5, 5.41) is 11.4. The Hall–Kier alpha value is -4.45. The molecule has 0 unspecified atom stereocenters. The minimum atomic E-state index is -0.441. The molecule has 0 bridgehead atoms. The van der Waals surface area contributed by atoms with Crippen LogP contribution in [-0.2, 0) is 0 Å². The third kappa shape index (κ3) is 5.83. The van der Waals surface area contributed by atoms with E-state index < -0.39 is 11.8 Å². The van der Waals surface area contributed by atoms with Crippen LogP contribution in [0.5, 0.6) is 5.75 Å². The van der Waals surface area contributed by atoms with E-state index in [2.05, 4.69) is 4.99 Å². The fourth-order valence-corrected chi connectivity index (χ4v) is 3.37. The number of non-ortho nitro benzene ring substituents is 1. The quantitative estimate of drug-likeness (QED) is 0.167. The van der Waals surface area contributed by atoms with Gasteiger partial charge in [0.05, 0.1) is 11.0 Å². The van der Waals surface area contributed by atoms with Crippen LogP contribution in [0.15, 0.2) is 120 Å². The molecule has 0 spiro atoms. The first-order valence-electron chi connectivity index (χ1n) is 10.5. The van der Waals surface area contributed by atoms with Crippen LogP contribution in [0.4, 0.5) is 11.4 Å². The summed E-state index contributed by atoms with van der Waals surface area (Å²) in [6, 6.07) is 33.9. The molecule has 0 aromatic heterocycles. The number of hydrogen-bond acceptors (Lipinski definition) is 4. The van der Waals surface area contributed by atoms with Crippen molar-refractivity contribution in [2.24, 2.45) is 4.99 Å². The molecule has 5 nitrogen and oxygen atoms in total. The Bertz CT molecular complexity index is 1220. The van der Waals surface area contributed by atoms with Gasteiger partial charge in [0.2, 0.25) is 0 Å². The first-order chi connectivity index (χ1) is 16.2. The maximum Gasteiger partial charge on any atom is 0.426 e. The molecule has 6 heteroatoms. The van der Waals surface area contributed by atoms with Crippen LogP contribution in [0.2, 0.25) is 0 Å². The normalized spacial score (nSPS) is 11.0. The van der Waals surface area contributed by atoms with Crippen molar-refractivity contribution in [3.8, 4) is 5.75 Å². The average molecular weight is 432 g/mol. The van der Waals surface area contributed by atoms with E-state index in [1.807, 2.05) is 103 Å². The average Bonchev–Trinajstić information content (AvgIpc) is 2.87. The van der Waals surface area contributed by atoms with Gasteiger partial charge in [0.25, 0.3) is 5.69 Å². The zero-order chi connectivity index (χ0) is 22.9. The summed E-state index contributed by atoms with van der Waals surface area (Å²) in [6.45, 7) is -0.441. The standard InChI is InChI=1S/C27H21BN2O3/c31-30(32)25-18-19-26(29-20-10-13-22-11-4-1-5-12-22)27(21-25)33-28(23-14-6-2-7-15-23)24-16-8-3-9-17-24/h1-21H/b13-10+,29-20?. The molecule has 0 aliphatic rings. The lowest BCUT2D eigenvalue weighted by Crippen LogP contribution is -2.47. The van der Waals surface area contributed by atoms with Crippen LogP contribution >= 0.6 is 0 Å². The van der Waals surface area contributed by atoms with Crippen LogP contribution in [0.25, 0.3) is 6.08 Å². The third-order valence-electron chi connectivity index (χ3n) is 4.99. The van der Waals surface area contributed by atoms with Crippen molar-refractivity contribution >= 4 is 41.5 Å². The monoisotopic (exact) mass is 432 g/mol. The molecule has 0 saturated heterocycles. The van der Waals surface area contributed by atoms with Gasteiger partial charge in [0.1, 0.15) is 11.4 Å². The largest absolute Gasteiger partial charge is 0.550 e. The summed E-state index contributed by atoms with van der Waals surface area (Å²) in [6.07, 6.45) is 5.42. The number of hydrogen-bond donors (Lipinski definition) is 0. The van der Waals surface area contributed by atoms with Gasteiger partial charge in [-0.15, -0.1) is 0 Å². The molecule has 0 atom stereocenters. The third-order valence-corrected chi connectivity index (χ3v) is 4.99. The second-order valence-electron chi connectivity index (χ2n) is 7.28. The molecule has 0 amide bonds. The summed E-state index contributed by atoms with van der Waals surface area (Å²) < 4.78 is 6.38. The molecule has 33 heavy (non-hydrogen) atoms. The minimum Gasteiger partial charge on any atom is -0.550 e. The Balaban J connectivity index is 1.68. The van der Waals surface area contributed by atoms with Crippen molar-refractivity contribution in [3.63, 3.8) is 0 Å². The van der Waals surface area contributed by atoms with Gasteiger partial charge >= 0.3 is 6.92 Å². The van der Waals surface area contributed by atoms with Crippen LogP contribution in [0, 0.1) is 10.1 Å². The van der Waals surface area contributed by atoms with Gasteiger partial charge in [0, 0.05) is 12.3 Å². The molecule has 0 radical (unpaired) electrons. The number of aliphatic imine (C=N–C) groups is 1. The van der Waals surface area contributed by atoms with Crippen LogP contribution in [-0.4, -0.2) is 18.1 Å². The Morgan fingerprint density at radius 3 is 1.94 bits per heavy atom. The van der Waals surface area contributed by atoms with E-state index in [1.165, 1.54) is 12.1 Å². The fraction of sp³-hybridized carbons (Fsp3) is 0. The van der Waals surface area contributed by atoms with Gasteiger partial charge in [-0.05, 0) is 28.6 Å². The molecule has 0 aliphatic heterocycles. The molecule has 0 saturated carbocycles. The summed E-state index contributed by atoms with van der Waals surface area (Å²) in [7, 11) is 0. The van der Waals surface area contributed by atoms with Crippen LogP contribution in [0.1, 0.15) is 5.56 Å². The zero-order valence-electron chi connectivity index (χ0n) is 17.8. The molecular weight excluding hydrogens is 411 g/mol. The number of allylic oxidation sites excluding steroid dienone is 1. The molecule has 0 N–H and O–H groups in total. The van der Waals surface area contributed by atoms with Crippen molar-refractivity contribution < 1.29 is 9.58 Å². The van der Waals surface area contributed by atoms with E-state index >= 15 is 0 Å². The van der Waals surface area contributed by atoms with Gasteiger partial charge in [0.15, 0.2) is 0 Å².